The van der Waals surface area contributed by atoms with Crippen LogP contribution in [0.3, 0.4) is 0 Å². The molecule has 0 unspecified atom stereocenters. The molecule has 0 aliphatic carbocycles. The van der Waals surface area contributed by atoms with Crippen LogP contribution < -0.4 is 9.62 Å². The first-order valence-corrected chi connectivity index (χ1v) is 14.9. The summed E-state index contributed by atoms with van der Waals surface area (Å²) in [4.78, 5) is 28.8. The summed E-state index contributed by atoms with van der Waals surface area (Å²) in [7, 11) is -4.14. The lowest BCUT2D eigenvalue weighted by Crippen LogP contribution is -2.52. The van der Waals surface area contributed by atoms with Gasteiger partial charge in [-0.1, -0.05) is 74.0 Å². The fraction of sp³-hybridized carbons (Fsp3) is 0.333. The molecule has 3 aromatic carbocycles. The first kappa shape index (κ1) is 30.2. The minimum Gasteiger partial charge on any atom is -0.354 e. The zero-order chi connectivity index (χ0) is 28.6. The average molecular weight is 570 g/mol. The van der Waals surface area contributed by atoms with E-state index in [-0.39, 0.29) is 17.3 Å². The Balaban J connectivity index is 2.09. The van der Waals surface area contributed by atoms with Gasteiger partial charge in [0.15, 0.2) is 0 Å². The lowest BCUT2D eigenvalue weighted by atomic mass is 10.1. The number of sulfonamides is 1. The maximum absolute atomic E-state index is 14.1. The van der Waals surface area contributed by atoms with Crippen molar-refractivity contribution < 1.29 is 18.0 Å². The molecular formula is C30H36ClN3O4S. The Morgan fingerprint density at radius 2 is 1.59 bits per heavy atom. The molecule has 0 saturated carbocycles. The summed E-state index contributed by atoms with van der Waals surface area (Å²) in [5, 5.41) is 3.28. The van der Waals surface area contributed by atoms with Crippen LogP contribution >= 0.6 is 11.6 Å². The van der Waals surface area contributed by atoms with Crippen LogP contribution in [0.15, 0.2) is 77.7 Å². The Kier molecular flexibility index (Phi) is 10.5. The second-order valence-electron chi connectivity index (χ2n) is 9.37. The van der Waals surface area contributed by atoms with Gasteiger partial charge >= 0.3 is 0 Å². The first-order valence-electron chi connectivity index (χ1n) is 13.1. The molecule has 3 aromatic rings. The van der Waals surface area contributed by atoms with Crippen LogP contribution in [0.5, 0.6) is 0 Å². The van der Waals surface area contributed by atoms with Crippen LogP contribution in [0.25, 0.3) is 0 Å². The highest BCUT2D eigenvalue weighted by Crippen LogP contribution is 2.31. The molecule has 3 rings (SSSR count). The van der Waals surface area contributed by atoms with Crippen molar-refractivity contribution in [3.8, 4) is 0 Å². The molecule has 0 saturated heterocycles. The fourth-order valence-electron chi connectivity index (χ4n) is 4.36. The third-order valence-electron chi connectivity index (χ3n) is 6.65. The van der Waals surface area contributed by atoms with Crippen molar-refractivity contribution in [2.75, 3.05) is 17.4 Å². The molecule has 0 heterocycles. The summed E-state index contributed by atoms with van der Waals surface area (Å²) in [5.74, 6) is -0.756. The number of carbonyl (C=O) groups is 2. The van der Waals surface area contributed by atoms with E-state index in [0.717, 1.165) is 21.9 Å². The highest BCUT2D eigenvalue weighted by atomic mass is 35.5. The first-order chi connectivity index (χ1) is 18.6. The number of halogens is 1. The van der Waals surface area contributed by atoms with E-state index in [1.807, 2.05) is 45.0 Å². The Morgan fingerprint density at radius 1 is 0.923 bits per heavy atom. The normalized spacial score (nSPS) is 12.0. The van der Waals surface area contributed by atoms with E-state index in [2.05, 4.69) is 5.32 Å². The summed E-state index contributed by atoms with van der Waals surface area (Å²) < 4.78 is 28.9. The molecule has 1 N–H and O–H groups in total. The monoisotopic (exact) mass is 569 g/mol. The van der Waals surface area contributed by atoms with Crippen molar-refractivity contribution in [1.82, 2.24) is 10.2 Å². The Hall–Kier alpha value is -3.36. The van der Waals surface area contributed by atoms with Crippen LogP contribution in [0.1, 0.15) is 43.4 Å². The number of nitrogens with one attached hydrogen (secondary N) is 1. The number of rotatable bonds is 12. The number of aryl methyl sites for hydroxylation is 1. The smallest absolute Gasteiger partial charge is 0.264 e. The molecular weight excluding hydrogens is 534 g/mol. The minimum absolute atomic E-state index is 0.0513. The lowest BCUT2D eigenvalue weighted by Gasteiger charge is -2.34. The van der Waals surface area contributed by atoms with E-state index in [0.29, 0.717) is 29.2 Å². The number of benzene rings is 3. The molecule has 0 aliphatic heterocycles. The van der Waals surface area contributed by atoms with Gasteiger partial charge < -0.3 is 10.2 Å². The van der Waals surface area contributed by atoms with Crippen molar-refractivity contribution in [2.45, 2.75) is 58.0 Å². The van der Waals surface area contributed by atoms with Crippen molar-refractivity contribution in [3.05, 3.63) is 94.5 Å². The van der Waals surface area contributed by atoms with Crippen LogP contribution in [0.4, 0.5) is 5.69 Å². The lowest BCUT2D eigenvalue weighted by molar-refractivity contribution is -0.140. The molecule has 0 radical (unpaired) electrons. The third-order valence-corrected chi connectivity index (χ3v) is 8.84. The van der Waals surface area contributed by atoms with Crippen LogP contribution in [0.2, 0.25) is 5.02 Å². The molecule has 0 aliphatic rings. The molecule has 0 bridgehead atoms. The van der Waals surface area contributed by atoms with Gasteiger partial charge in [-0.15, -0.1) is 0 Å². The van der Waals surface area contributed by atoms with Gasteiger partial charge in [0.25, 0.3) is 10.0 Å². The zero-order valence-electron chi connectivity index (χ0n) is 22.9. The van der Waals surface area contributed by atoms with E-state index >= 15 is 0 Å². The van der Waals surface area contributed by atoms with Crippen LogP contribution in [0, 0.1) is 13.8 Å². The summed E-state index contributed by atoms with van der Waals surface area (Å²) in [5.41, 5.74) is 2.69. The number of nitrogens with zero attached hydrogens (tertiary/aromatic N) is 2. The van der Waals surface area contributed by atoms with E-state index in [9.17, 15) is 18.0 Å². The van der Waals surface area contributed by atoms with Crippen LogP contribution in [-0.4, -0.2) is 44.3 Å². The second kappa shape index (κ2) is 13.6. The van der Waals surface area contributed by atoms with Gasteiger partial charge in [-0.25, -0.2) is 8.42 Å². The molecule has 7 nitrogen and oxygen atoms in total. The molecule has 208 valence electrons. The highest BCUT2D eigenvalue weighted by molar-refractivity contribution is 7.92. The number of amides is 2. The van der Waals surface area contributed by atoms with E-state index < -0.39 is 28.5 Å². The summed E-state index contributed by atoms with van der Waals surface area (Å²) >= 11 is 6.37. The van der Waals surface area contributed by atoms with Crippen molar-refractivity contribution >= 4 is 39.1 Å². The number of carbonyl (C=O) groups excluding carboxylic acids is 2. The predicted molar refractivity (Wildman–Crippen MR) is 156 cm³/mol. The Bertz CT molecular complexity index is 1400. The number of hydrogen-bond acceptors (Lipinski definition) is 4. The molecule has 9 heteroatoms. The number of anilines is 1. The van der Waals surface area contributed by atoms with E-state index in [1.165, 1.54) is 17.0 Å². The largest absolute Gasteiger partial charge is 0.354 e. The predicted octanol–water partition coefficient (Wildman–Crippen LogP) is 5.49. The molecule has 1 atom stereocenters. The molecule has 0 spiro atoms. The summed E-state index contributed by atoms with van der Waals surface area (Å²) in [6.45, 7) is 7.60. The van der Waals surface area contributed by atoms with Gasteiger partial charge in [-0.2, -0.15) is 0 Å². The highest BCUT2D eigenvalue weighted by Gasteiger charge is 2.34. The van der Waals surface area contributed by atoms with Crippen molar-refractivity contribution in [3.63, 3.8) is 0 Å². The maximum Gasteiger partial charge on any atom is 0.264 e. The van der Waals surface area contributed by atoms with Gasteiger partial charge in [0.05, 0.1) is 10.6 Å². The van der Waals surface area contributed by atoms with Gasteiger partial charge in [-0.05, 0) is 67.6 Å². The zero-order valence-corrected chi connectivity index (χ0v) is 24.4. The van der Waals surface area contributed by atoms with Crippen molar-refractivity contribution in [1.29, 1.82) is 0 Å². The van der Waals surface area contributed by atoms with Gasteiger partial charge in [0, 0.05) is 18.1 Å². The van der Waals surface area contributed by atoms with Crippen LogP contribution in [-0.2, 0) is 26.2 Å². The van der Waals surface area contributed by atoms with Crippen molar-refractivity contribution in [2.24, 2.45) is 0 Å². The Morgan fingerprint density at radius 3 is 2.23 bits per heavy atom. The second-order valence-corrected chi connectivity index (χ2v) is 11.6. The third kappa shape index (κ3) is 7.19. The van der Waals surface area contributed by atoms with E-state index in [4.69, 9.17) is 11.6 Å². The van der Waals surface area contributed by atoms with Gasteiger partial charge in [-0.3, -0.25) is 13.9 Å². The molecule has 2 amide bonds. The quantitative estimate of drug-likeness (QED) is 0.313. The molecule has 0 aromatic heterocycles. The molecule has 39 heavy (non-hydrogen) atoms. The van der Waals surface area contributed by atoms with Gasteiger partial charge in [0.1, 0.15) is 12.6 Å². The topological polar surface area (TPSA) is 86.8 Å². The summed E-state index contributed by atoms with van der Waals surface area (Å²) in [6, 6.07) is 19.8. The fourth-order valence-corrected chi connectivity index (χ4v) is 6.02. The van der Waals surface area contributed by atoms with E-state index in [1.54, 1.807) is 43.3 Å². The Labute approximate surface area is 236 Å². The average Bonchev–Trinajstić information content (AvgIpc) is 2.93. The van der Waals surface area contributed by atoms with Gasteiger partial charge in [0.2, 0.25) is 11.8 Å². The minimum atomic E-state index is -4.14. The number of hydrogen-bond donors (Lipinski definition) is 1. The SMILES string of the molecule is CCCNC(=O)[C@H](CC)N(Cc1ccccc1C)C(=O)CN(c1cccc(Cl)c1C)S(=O)(=O)c1ccccc1. The molecule has 0 fully saturated rings. The standard InChI is InChI=1S/C30H36ClN3O4S/c1-5-19-32-30(36)27(6-2)33(20-24-14-11-10-13-22(24)3)29(35)21-34(28-18-12-17-26(31)23(28)4)39(37,38)25-15-8-7-9-16-25/h7-18,27H,5-6,19-21H2,1-4H3,(H,32,36)/t27-/m0/s1. The summed E-state index contributed by atoms with van der Waals surface area (Å²) in [6.07, 6.45) is 1.12. The maximum atomic E-state index is 14.1.